The van der Waals surface area contributed by atoms with Crippen molar-refractivity contribution in [2.24, 2.45) is 5.96 Å². The number of hydrogen-bond donors (Lipinski definition) is 7. The average molecular weight is 1990 g/mol. The molecule has 0 spiro atoms. The summed E-state index contributed by atoms with van der Waals surface area (Å²) < 4.78 is 70.2. The van der Waals surface area contributed by atoms with Gasteiger partial charge in [-0.15, -0.1) is 13.1 Å². The Morgan fingerprint density at radius 2 is 0.518 bits per heavy atom. The maximum Gasteiger partial charge on any atom is 0.519 e. The predicted molar refractivity (Wildman–Crippen MR) is 582 cm³/mol. The van der Waals surface area contributed by atoms with Gasteiger partial charge in [0.05, 0.1) is 47.8 Å². The van der Waals surface area contributed by atoms with Crippen LogP contribution < -0.4 is 56.6 Å². The van der Waals surface area contributed by atoms with E-state index in [0.29, 0.717) is 17.1 Å². The molecule has 0 saturated heterocycles. The highest BCUT2D eigenvalue weighted by Crippen LogP contribution is 2.29. The smallest absolute Gasteiger partial charge is 0.497 e. The number of aliphatic hydroxyl groups is 1. The average Bonchev–Trinajstić information content (AvgIpc) is 0.866. The highest BCUT2D eigenvalue weighted by atomic mass is 31.1. The van der Waals surface area contributed by atoms with E-state index in [9.17, 15) is 33.9 Å². The van der Waals surface area contributed by atoms with Crippen molar-refractivity contribution in [3.8, 4) is 28.7 Å². The minimum absolute atomic E-state index is 0.00273. The summed E-state index contributed by atoms with van der Waals surface area (Å²) in [5, 5.41) is 20.1. The van der Waals surface area contributed by atoms with Gasteiger partial charge in [0.1, 0.15) is 62.4 Å². The molecule has 0 fully saturated rings. The van der Waals surface area contributed by atoms with Gasteiger partial charge in [-0.05, 0) is 342 Å². The number of methoxy groups -OCH3 is 5. The zero-order chi connectivity index (χ0) is 107. The number of amides is 4. The second-order valence-electron chi connectivity index (χ2n) is 38.9. The third-order valence-corrected chi connectivity index (χ3v) is 19.2. The van der Waals surface area contributed by atoms with Gasteiger partial charge in [-0.1, -0.05) is 204 Å². The molecule has 0 unspecified atom stereocenters. The van der Waals surface area contributed by atoms with Crippen molar-refractivity contribution >= 4 is 73.7 Å². The zero-order valence-electron chi connectivity index (χ0n) is 91.6. The van der Waals surface area contributed by atoms with E-state index in [1.807, 2.05) is 192 Å². The molecule has 4 amide bonds. The fourth-order valence-corrected chi connectivity index (χ4v) is 12.3. The number of aryl methyl sites for hydroxylation is 9. The number of aliphatic hydroxyl groups excluding tert-OH is 1. The summed E-state index contributed by atoms with van der Waals surface area (Å²) in [6.45, 7) is 51.8. The number of unbranched alkanes of at least 4 members (excludes halogenated alkanes) is 10. The first-order valence-electron chi connectivity index (χ1n) is 49.2. The van der Waals surface area contributed by atoms with E-state index in [4.69, 9.17) is 62.3 Å². The molecule has 0 aliphatic rings. The van der Waals surface area contributed by atoms with Crippen LogP contribution in [0.25, 0.3) is 0 Å². The van der Waals surface area contributed by atoms with Crippen molar-refractivity contribution in [1.29, 1.82) is 0 Å². The Hall–Kier alpha value is -11.3. The van der Waals surface area contributed by atoms with Gasteiger partial charge in [0.2, 0.25) is 0 Å². The third kappa shape index (κ3) is 68.4. The molecule has 8 aromatic rings. The normalized spacial score (nSPS) is 10.7. The highest BCUT2D eigenvalue weighted by Gasteiger charge is 2.26. The number of nitrogen functional groups attached to an aromatic ring is 1. The molecule has 141 heavy (non-hydrogen) atoms. The van der Waals surface area contributed by atoms with Gasteiger partial charge >= 0.3 is 36.7 Å². The molecule has 0 bridgehead atoms. The van der Waals surface area contributed by atoms with Crippen LogP contribution in [-0.4, -0.2) is 124 Å². The Balaban J connectivity index is 0. The Kier molecular flexibility index (Phi) is 68.0. The van der Waals surface area contributed by atoms with Crippen molar-refractivity contribution < 1.29 is 95.2 Å². The number of anilines is 5. The molecule has 25 nitrogen and oxygen atoms in total. The number of hydrogen-bond acceptors (Lipinski definition) is 21. The summed E-state index contributed by atoms with van der Waals surface area (Å²) in [5.41, 5.74) is 17.5. The molecule has 0 aliphatic carbocycles. The van der Waals surface area contributed by atoms with Crippen LogP contribution in [0.3, 0.4) is 0 Å². The summed E-state index contributed by atoms with van der Waals surface area (Å²) >= 11 is 0. The number of rotatable bonds is 32. The zero-order valence-corrected chi connectivity index (χ0v) is 92.6. The van der Waals surface area contributed by atoms with Crippen LogP contribution in [0.1, 0.15) is 306 Å². The van der Waals surface area contributed by atoms with E-state index in [0.717, 1.165) is 123 Å². The number of nitrogens with one attached hydrogen (secondary N) is 4. The molecule has 0 aromatic heterocycles. The second-order valence-corrected chi connectivity index (χ2v) is 39.9. The molecule has 9 N–H and O–H groups in total. The molecule has 8 rings (SSSR count). The van der Waals surface area contributed by atoms with E-state index in [1.165, 1.54) is 116 Å². The quantitative estimate of drug-likeness (QED) is 0.00392. The topological polar surface area (TPSA) is 334 Å². The Morgan fingerprint density at radius 1 is 0.298 bits per heavy atom. The summed E-state index contributed by atoms with van der Waals surface area (Å²) in [7, 11) is 9.38. The van der Waals surface area contributed by atoms with Gasteiger partial charge < -0.3 is 67.7 Å². The summed E-state index contributed by atoms with van der Waals surface area (Å²) in [5.74, 6) is 7.21. The van der Waals surface area contributed by atoms with E-state index in [2.05, 4.69) is 130 Å². The lowest BCUT2D eigenvalue weighted by molar-refractivity contribution is -0.0295. The number of nitrogens with two attached hydrogens (primary N) is 2. The molecule has 8 aromatic carbocycles. The second kappa shape index (κ2) is 72.8. The van der Waals surface area contributed by atoms with Crippen LogP contribution in [0, 0.1) is 0 Å². The third-order valence-electron chi connectivity index (χ3n) is 19.2. The number of halogens is 1. The molecule has 0 aliphatic heterocycles. The van der Waals surface area contributed by atoms with E-state index in [1.54, 1.807) is 101 Å². The number of ether oxygens (including phenoxy) is 12. The maximum atomic E-state index is 11.8. The van der Waals surface area contributed by atoms with Gasteiger partial charge in [-0.25, -0.2) is 28.8 Å². The Bertz CT molecular complexity index is 4370. The van der Waals surface area contributed by atoms with Gasteiger partial charge in [0.15, 0.2) is 0 Å². The minimum atomic E-state index is -1.06. The molecule has 27 heteroatoms. The van der Waals surface area contributed by atoms with Crippen molar-refractivity contribution in [2.75, 3.05) is 75.9 Å². The van der Waals surface area contributed by atoms with Crippen LogP contribution >= 0.6 is 8.58 Å². The summed E-state index contributed by atoms with van der Waals surface area (Å²) in [4.78, 5) is 68.8. The lowest BCUT2D eigenvalue weighted by Crippen LogP contribution is -2.29. The Labute approximate surface area is 848 Å². The molecular weight excluding hydrogens is 1810 g/mol. The van der Waals surface area contributed by atoms with E-state index in [-0.39, 0.29) is 6.61 Å². The fraction of sp³-hybridized carbons (Fsp3) is 0.526. The summed E-state index contributed by atoms with van der Waals surface area (Å²) in [6, 6.07) is 54.9. The van der Waals surface area contributed by atoms with Crippen LogP contribution in [-0.2, 0) is 97.6 Å². The first kappa shape index (κ1) is 132. The molecule has 0 atom stereocenters. The predicted octanol–water partition coefficient (Wildman–Crippen LogP) is 30.3. The van der Waals surface area contributed by atoms with Crippen molar-refractivity contribution in [3.05, 3.63) is 225 Å². The van der Waals surface area contributed by atoms with E-state index >= 15 is 0 Å². The van der Waals surface area contributed by atoms with Gasteiger partial charge in [0.25, 0.3) is 0 Å². The molecule has 790 valence electrons. The van der Waals surface area contributed by atoms with Crippen LogP contribution in [0.5, 0.6) is 28.7 Å². The molecule has 0 heterocycles. The van der Waals surface area contributed by atoms with Crippen LogP contribution in [0.2, 0.25) is 0 Å². The largest absolute Gasteiger partial charge is 0.519 e. The first-order chi connectivity index (χ1) is 66.3. The lowest BCUT2D eigenvalue weighted by Gasteiger charge is -2.20. The molecule has 0 saturated carbocycles. The molecule has 0 radical (unpaired) electrons. The highest BCUT2D eigenvalue weighted by molar-refractivity contribution is 7.35. The van der Waals surface area contributed by atoms with Crippen LogP contribution in [0.4, 0.5) is 61.7 Å². The first-order valence-corrected chi connectivity index (χ1v) is 51.2. The van der Waals surface area contributed by atoms with Crippen molar-refractivity contribution in [2.45, 2.75) is 348 Å². The lowest BCUT2D eigenvalue weighted by atomic mass is 10.0. The number of carbonyl (C=O) groups excluding carboxylic acids is 6. The minimum Gasteiger partial charge on any atom is -0.497 e. The standard InChI is InChI=1S/2C22H29NO3.C21H27NO4.C12H17NO3.C10H18O5.C9H13NO.2C8H18.C2H7P.FH2N/c2*1-6-16-7-11-18(20(15-16)25-5)12-8-17-9-13-19(14-10-17)23-21(24)26-22(2,3)4;1-21(2,3)26-20(24)22-18-11-7-15(8-12-18)5-9-17-10-6-16(14-23)13-19(17)25-4;1-12(2,3)16-11(14)13-9-5-7-10(15-4)8-6-9;1-9(2,3)14-7(11)13-8(12)15-10(4,5)6;1-3-7-4-5-8(10)9(6-7)11-2;2*1-3-5-7-8-6-4-2;1-3-2;1-2/h2*7,9-11,13-15H,6,8,12H2,1-5H3,(H,23,24);6-8,10-13,23H,5,9,14H2,1-4H3,(H,22,24);5-8H,1-4H3,(H,13,14);1-6H3;4-6H,3,10H2,1-2H3;2*3-8H2,1-2H3;3H,1-2H3;2H2. The van der Waals surface area contributed by atoms with Gasteiger partial charge in [-0.3, -0.25) is 21.3 Å². The SMILES string of the molecule is CC(C)(C)OC(=O)OC(=O)OC(C)(C)C.CCCCCCCC.CCCCCCCC.CCc1ccc(CCc2ccc(NC(=O)OC(C)(C)C)cc2)c(OC)c1.CCc1ccc(CCc2ccc(NC(=O)OC(C)(C)C)cc2)c(OC)c1.CCc1ccc(N)c(OC)c1.COc1cc(CO)ccc1CCc1ccc(NC(=O)OC(C)(C)C)cc1.COc1ccc(NC(=O)OC(C)(C)C)cc1.CPC.NF. The molecular formula is C114H178FN6O19P. The van der Waals surface area contributed by atoms with Gasteiger partial charge in [0, 0.05) is 22.7 Å². The number of carbonyl (C=O) groups is 6. The number of benzene rings is 8. The van der Waals surface area contributed by atoms with Crippen molar-refractivity contribution in [1.82, 2.24) is 0 Å². The monoisotopic (exact) mass is 1990 g/mol. The van der Waals surface area contributed by atoms with Gasteiger partial charge in [-0.2, -0.15) is 5.96 Å². The van der Waals surface area contributed by atoms with E-state index < -0.39 is 70.3 Å². The summed E-state index contributed by atoms with van der Waals surface area (Å²) in [6.07, 6.45) is 21.4. The fourth-order valence-electron chi connectivity index (χ4n) is 12.3. The van der Waals surface area contributed by atoms with Crippen LogP contribution in [0.15, 0.2) is 170 Å². The maximum absolute atomic E-state index is 11.8. The Morgan fingerprint density at radius 3 is 0.738 bits per heavy atom. The van der Waals surface area contributed by atoms with Crippen molar-refractivity contribution in [3.63, 3.8) is 0 Å².